The van der Waals surface area contributed by atoms with E-state index in [0.29, 0.717) is 10.3 Å². The van der Waals surface area contributed by atoms with Crippen molar-refractivity contribution in [3.8, 4) is 0 Å². The Labute approximate surface area is 140 Å². The lowest BCUT2D eigenvalue weighted by molar-refractivity contribution is 0.0242. The zero-order valence-corrected chi connectivity index (χ0v) is 15.0. The number of hydrogen-bond donors (Lipinski definition) is 0. The lowest BCUT2D eigenvalue weighted by Gasteiger charge is -2.28. The van der Waals surface area contributed by atoms with E-state index in [0.717, 1.165) is 30.8 Å². The number of carbonyl (C=O) groups excluding carboxylic acids is 1. The summed E-state index contributed by atoms with van der Waals surface area (Å²) in [7, 11) is 0. The van der Waals surface area contributed by atoms with Gasteiger partial charge in [0.05, 0.1) is 0 Å². The first-order valence-electron chi connectivity index (χ1n) is 7.38. The number of carbonyl (C=O) groups is 1. The molecule has 1 aromatic heterocycles. The number of ether oxygens (including phenoxy) is 1. The number of thioether (sulfide) groups is 1. The van der Waals surface area contributed by atoms with Crippen molar-refractivity contribution < 1.29 is 9.53 Å². The maximum Gasteiger partial charge on any atom is 0.410 e. The minimum Gasteiger partial charge on any atom is -0.444 e. The van der Waals surface area contributed by atoms with Gasteiger partial charge in [-0.1, -0.05) is 23.4 Å². The normalized spacial score (nSPS) is 18.6. The fraction of sp³-hybridized carbons (Fsp3) is 0.667. The van der Waals surface area contributed by atoms with E-state index in [1.165, 1.54) is 11.8 Å². The van der Waals surface area contributed by atoms with Gasteiger partial charge in [-0.05, 0) is 46.6 Å². The van der Waals surface area contributed by atoms with E-state index >= 15 is 0 Å². The van der Waals surface area contributed by atoms with Crippen LogP contribution in [0.4, 0.5) is 4.79 Å². The molecule has 0 aliphatic carbocycles. The van der Waals surface area contributed by atoms with E-state index in [2.05, 4.69) is 9.97 Å². The average molecular weight is 344 g/mol. The van der Waals surface area contributed by atoms with Crippen molar-refractivity contribution in [1.29, 1.82) is 0 Å². The van der Waals surface area contributed by atoms with Crippen molar-refractivity contribution in [3.63, 3.8) is 0 Å². The van der Waals surface area contributed by atoms with Gasteiger partial charge in [0.1, 0.15) is 10.8 Å². The van der Waals surface area contributed by atoms with Crippen LogP contribution in [0.1, 0.15) is 39.3 Å². The van der Waals surface area contributed by atoms with Crippen LogP contribution >= 0.6 is 23.4 Å². The summed E-state index contributed by atoms with van der Waals surface area (Å²) < 4.78 is 5.47. The van der Waals surface area contributed by atoms with Crippen LogP contribution in [0.3, 0.4) is 0 Å². The SMILES string of the molecule is Cc1cc(Cl)nc(SCC2CCCN2C(=O)OC(C)(C)C)n1. The number of aromatic nitrogens is 2. The molecule has 1 atom stereocenters. The molecular weight excluding hydrogens is 322 g/mol. The molecule has 22 heavy (non-hydrogen) atoms. The number of hydrogen-bond acceptors (Lipinski definition) is 5. The van der Waals surface area contributed by atoms with Crippen molar-refractivity contribution in [3.05, 3.63) is 16.9 Å². The number of halogens is 1. The average Bonchev–Trinajstić information content (AvgIpc) is 2.81. The van der Waals surface area contributed by atoms with Gasteiger partial charge in [0.2, 0.25) is 0 Å². The first-order valence-corrected chi connectivity index (χ1v) is 8.74. The zero-order chi connectivity index (χ0) is 16.3. The predicted molar refractivity (Wildman–Crippen MR) is 88.5 cm³/mol. The van der Waals surface area contributed by atoms with Gasteiger partial charge in [0.15, 0.2) is 5.16 Å². The Morgan fingerprint density at radius 1 is 1.50 bits per heavy atom. The summed E-state index contributed by atoms with van der Waals surface area (Å²) in [6.07, 6.45) is 1.74. The lowest BCUT2D eigenvalue weighted by Crippen LogP contribution is -2.40. The topological polar surface area (TPSA) is 55.3 Å². The molecule has 1 aromatic rings. The van der Waals surface area contributed by atoms with E-state index < -0.39 is 5.60 Å². The Morgan fingerprint density at radius 3 is 2.86 bits per heavy atom. The molecule has 0 bridgehead atoms. The fourth-order valence-corrected chi connectivity index (χ4v) is 3.66. The molecular formula is C15H22ClN3O2S. The van der Waals surface area contributed by atoms with Crippen LogP contribution in [-0.2, 0) is 4.74 Å². The van der Waals surface area contributed by atoms with E-state index in [9.17, 15) is 4.79 Å². The highest BCUT2D eigenvalue weighted by Gasteiger charge is 2.32. The van der Waals surface area contributed by atoms with E-state index in [1.54, 1.807) is 6.07 Å². The summed E-state index contributed by atoms with van der Waals surface area (Å²) in [5.74, 6) is 0.749. The molecule has 1 saturated heterocycles. The zero-order valence-electron chi connectivity index (χ0n) is 13.4. The van der Waals surface area contributed by atoms with Crippen LogP contribution in [-0.4, -0.2) is 44.9 Å². The molecule has 2 rings (SSSR count). The summed E-state index contributed by atoms with van der Waals surface area (Å²) in [6.45, 7) is 8.28. The first-order chi connectivity index (χ1) is 10.2. The van der Waals surface area contributed by atoms with Crippen LogP contribution in [0.5, 0.6) is 0 Å². The third-order valence-electron chi connectivity index (χ3n) is 3.21. The smallest absolute Gasteiger partial charge is 0.410 e. The van der Waals surface area contributed by atoms with Crippen LogP contribution in [0.15, 0.2) is 11.2 Å². The molecule has 0 radical (unpaired) electrons. The Hall–Kier alpha value is -1.01. The number of rotatable bonds is 3. The Bertz CT molecular complexity index is 528. The number of likely N-dealkylation sites (tertiary alicyclic amines) is 1. The van der Waals surface area contributed by atoms with E-state index in [1.807, 2.05) is 32.6 Å². The number of amides is 1. The molecule has 0 saturated carbocycles. The molecule has 1 fully saturated rings. The second-order valence-electron chi connectivity index (χ2n) is 6.40. The maximum absolute atomic E-state index is 12.2. The highest BCUT2D eigenvalue weighted by molar-refractivity contribution is 7.99. The number of nitrogens with zero attached hydrogens (tertiary/aromatic N) is 3. The van der Waals surface area contributed by atoms with Gasteiger partial charge in [-0.2, -0.15) is 0 Å². The van der Waals surface area contributed by atoms with E-state index in [-0.39, 0.29) is 12.1 Å². The van der Waals surface area contributed by atoms with Gasteiger partial charge in [-0.15, -0.1) is 0 Å². The first kappa shape index (κ1) is 17.3. The Morgan fingerprint density at radius 2 is 2.23 bits per heavy atom. The second-order valence-corrected chi connectivity index (χ2v) is 7.77. The van der Waals surface area contributed by atoms with Crippen LogP contribution in [0, 0.1) is 6.92 Å². The molecule has 0 N–H and O–H groups in total. The summed E-state index contributed by atoms with van der Waals surface area (Å²) in [5, 5.41) is 1.10. The predicted octanol–water partition coefficient (Wildman–Crippen LogP) is 3.93. The summed E-state index contributed by atoms with van der Waals surface area (Å²) in [6, 6.07) is 1.89. The van der Waals surface area contributed by atoms with Gasteiger partial charge < -0.3 is 9.64 Å². The summed E-state index contributed by atoms with van der Waals surface area (Å²) in [4.78, 5) is 22.6. The molecule has 1 aliphatic heterocycles. The molecule has 1 amide bonds. The molecule has 1 unspecified atom stereocenters. The van der Waals surface area contributed by atoms with Crippen molar-refractivity contribution in [2.45, 2.75) is 57.3 Å². The third-order valence-corrected chi connectivity index (χ3v) is 4.40. The van der Waals surface area contributed by atoms with Crippen molar-refractivity contribution >= 4 is 29.5 Å². The van der Waals surface area contributed by atoms with Crippen LogP contribution in [0.2, 0.25) is 5.15 Å². The standard InChI is InChI=1S/C15H22ClN3O2S/c1-10-8-12(16)18-13(17-10)22-9-11-6-5-7-19(11)14(20)21-15(2,3)4/h8,11H,5-7,9H2,1-4H3. The fourth-order valence-electron chi connectivity index (χ4n) is 2.31. The Balaban J connectivity index is 1.95. The van der Waals surface area contributed by atoms with Gasteiger partial charge in [0, 0.05) is 24.0 Å². The largest absolute Gasteiger partial charge is 0.444 e. The van der Waals surface area contributed by atoms with Gasteiger partial charge >= 0.3 is 6.09 Å². The summed E-state index contributed by atoms with van der Waals surface area (Å²) in [5.41, 5.74) is 0.378. The maximum atomic E-state index is 12.2. The van der Waals surface area contributed by atoms with Gasteiger partial charge in [-0.3, -0.25) is 0 Å². The molecule has 2 heterocycles. The summed E-state index contributed by atoms with van der Waals surface area (Å²) >= 11 is 7.48. The number of aryl methyl sites for hydroxylation is 1. The molecule has 0 aromatic carbocycles. The van der Waals surface area contributed by atoms with Crippen molar-refractivity contribution in [2.24, 2.45) is 0 Å². The monoisotopic (exact) mass is 343 g/mol. The molecule has 1 aliphatic rings. The lowest BCUT2D eigenvalue weighted by atomic mass is 10.2. The molecule has 7 heteroatoms. The minimum atomic E-state index is -0.468. The highest BCUT2D eigenvalue weighted by atomic mass is 35.5. The van der Waals surface area contributed by atoms with E-state index in [4.69, 9.17) is 16.3 Å². The quantitative estimate of drug-likeness (QED) is 0.473. The van der Waals surface area contributed by atoms with Crippen molar-refractivity contribution in [1.82, 2.24) is 14.9 Å². The van der Waals surface area contributed by atoms with Gasteiger partial charge in [-0.25, -0.2) is 14.8 Å². The Kier molecular flexibility index (Phi) is 5.55. The van der Waals surface area contributed by atoms with Gasteiger partial charge in [0.25, 0.3) is 0 Å². The second kappa shape index (κ2) is 7.04. The minimum absolute atomic E-state index is 0.155. The molecule has 5 nitrogen and oxygen atoms in total. The third kappa shape index (κ3) is 5.02. The molecule has 0 spiro atoms. The van der Waals surface area contributed by atoms with Crippen LogP contribution < -0.4 is 0 Å². The van der Waals surface area contributed by atoms with Crippen LogP contribution in [0.25, 0.3) is 0 Å². The van der Waals surface area contributed by atoms with Crippen molar-refractivity contribution in [2.75, 3.05) is 12.3 Å². The molecule has 122 valence electrons. The highest BCUT2D eigenvalue weighted by Crippen LogP contribution is 2.26.